The maximum absolute atomic E-state index is 11.8. The zero-order valence-corrected chi connectivity index (χ0v) is 12.4. The van der Waals surface area contributed by atoms with Crippen molar-refractivity contribution in [2.75, 3.05) is 12.4 Å². The van der Waals surface area contributed by atoms with Crippen LogP contribution in [0.5, 0.6) is 11.5 Å². The van der Waals surface area contributed by atoms with E-state index in [4.69, 9.17) is 4.74 Å². The van der Waals surface area contributed by atoms with Crippen LogP contribution in [0.2, 0.25) is 0 Å². The number of hydrogen-bond donors (Lipinski definition) is 2. The number of benzene rings is 2. The highest BCUT2D eigenvalue weighted by atomic mass is 16.5. The van der Waals surface area contributed by atoms with Crippen molar-refractivity contribution in [3.8, 4) is 11.5 Å². The first-order valence-electron chi connectivity index (χ1n) is 6.95. The van der Waals surface area contributed by atoms with Gasteiger partial charge in [-0.25, -0.2) is 0 Å². The van der Waals surface area contributed by atoms with E-state index in [2.05, 4.69) is 24.5 Å². The van der Waals surface area contributed by atoms with Gasteiger partial charge in [0.1, 0.15) is 17.5 Å². The Labute approximate surface area is 124 Å². The molecule has 1 amide bonds. The van der Waals surface area contributed by atoms with Gasteiger partial charge in [-0.2, -0.15) is 0 Å². The van der Waals surface area contributed by atoms with Gasteiger partial charge in [-0.1, -0.05) is 12.1 Å². The third kappa shape index (κ3) is 2.50. The van der Waals surface area contributed by atoms with Crippen LogP contribution in [-0.4, -0.2) is 13.0 Å². The van der Waals surface area contributed by atoms with Crippen molar-refractivity contribution in [1.29, 1.82) is 0 Å². The summed E-state index contributed by atoms with van der Waals surface area (Å²) < 4.78 is 5.87. The molecule has 1 unspecified atom stereocenters. The van der Waals surface area contributed by atoms with Crippen molar-refractivity contribution in [3.05, 3.63) is 53.1 Å². The summed E-state index contributed by atoms with van der Waals surface area (Å²) in [5, 5.41) is 5.86. The second-order valence-corrected chi connectivity index (χ2v) is 5.31. The summed E-state index contributed by atoms with van der Waals surface area (Å²) in [4.78, 5) is 11.8. The van der Waals surface area contributed by atoms with Crippen LogP contribution < -0.4 is 15.4 Å². The van der Waals surface area contributed by atoms with E-state index in [1.54, 1.807) is 7.05 Å². The fourth-order valence-electron chi connectivity index (χ4n) is 2.51. The van der Waals surface area contributed by atoms with Crippen molar-refractivity contribution in [1.82, 2.24) is 5.32 Å². The Morgan fingerprint density at radius 1 is 1.05 bits per heavy atom. The molecule has 0 radical (unpaired) electrons. The fraction of sp³-hybridized carbons (Fsp3) is 0.235. The molecule has 1 heterocycles. The van der Waals surface area contributed by atoms with Crippen LogP contribution in [0.15, 0.2) is 36.4 Å². The van der Waals surface area contributed by atoms with Gasteiger partial charge in [0, 0.05) is 17.3 Å². The van der Waals surface area contributed by atoms with E-state index in [1.165, 1.54) is 11.1 Å². The molecule has 2 aromatic carbocycles. The minimum absolute atomic E-state index is 0.0316. The second kappa shape index (κ2) is 5.22. The standard InChI is InChI=1S/C17H18N2O2/c1-10-4-5-12(8-11(10)2)21-13-6-7-14-15(9-13)19-17(20)16(14)18-3/h4-9,16,18H,1-3H3,(H,19,20). The number of rotatable bonds is 3. The number of hydrogen-bond acceptors (Lipinski definition) is 3. The molecule has 2 N–H and O–H groups in total. The molecular formula is C17H18N2O2. The normalized spacial score (nSPS) is 16.5. The minimum atomic E-state index is -0.282. The first-order chi connectivity index (χ1) is 10.1. The first-order valence-corrected chi connectivity index (χ1v) is 6.95. The average Bonchev–Trinajstić information content (AvgIpc) is 2.77. The van der Waals surface area contributed by atoms with Crippen LogP contribution >= 0.6 is 0 Å². The molecule has 2 aromatic rings. The zero-order valence-electron chi connectivity index (χ0n) is 12.4. The van der Waals surface area contributed by atoms with Crippen LogP contribution in [0, 0.1) is 13.8 Å². The molecule has 1 aliphatic heterocycles. The number of likely N-dealkylation sites (N-methyl/N-ethyl adjacent to an activating group) is 1. The minimum Gasteiger partial charge on any atom is -0.457 e. The molecule has 0 bridgehead atoms. The van der Waals surface area contributed by atoms with Gasteiger partial charge in [0.25, 0.3) is 0 Å². The number of amides is 1. The van der Waals surface area contributed by atoms with Crippen molar-refractivity contribution >= 4 is 11.6 Å². The van der Waals surface area contributed by atoms with Gasteiger partial charge >= 0.3 is 0 Å². The third-order valence-electron chi connectivity index (χ3n) is 3.86. The van der Waals surface area contributed by atoms with E-state index >= 15 is 0 Å². The summed E-state index contributed by atoms with van der Waals surface area (Å²) in [7, 11) is 1.78. The van der Waals surface area contributed by atoms with Crippen molar-refractivity contribution in [2.24, 2.45) is 0 Å². The van der Waals surface area contributed by atoms with Crippen LogP contribution in [-0.2, 0) is 4.79 Å². The Balaban J connectivity index is 1.87. The first kappa shape index (κ1) is 13.6. The smallest absolute Gasteiger partial charge is 0.246 e. The summed E-state index contributed by atoms with van der Waals surface area (Å²) in [6.07, 6.45) is 0. The molecule has 4 nitrogen and oxygen atoms in total. The Kier molecular flexibility index (Phi) is 3.39. The largest absolute Gasteiger partial charge is 0.457 e. The Morgan fingerprint density at radius 3 is 2.48 bits per heavy atom. The van der Waals surface area contributed by atoms with E-state index in [0.29, 0.717) is 5.75 Å². The highest BCUT2D eigenvalue weighted by Crippen LogP contribution is 2.35. The molecule has 108 valence electrons. The maximum atomic E-state index is 11.8. The predicted octanol–water partition coefficient (Wildman–Crippen LogP) is 3.31. The number of aryl methyl sites for hydroxylation is 2. The van der Waals surface area contributed by atoms with Crippen molar-refractivity contribution in [2.45, 2.75) is 19.9 Å². The zero-order chi connectivity index (χ0) is 15.0. The third-order valence-corrected chi connectivity index (χ3v) is 3.86. The van der Waals surface area contributed by atoms with Crippen LogP contribution in [0.1, 0.15) is 22.7 Å². The topological polar surface area (TPSA) is 50.4 Å². The molecule has 0 saturated carbocycles. The Morgan fingerprint density at radius 2 is 1.76 bits per heavy atom. The Bertz CT molecular complexity index is 710. The number of fused-ring (bicyclic) bond motifs is 1. The molecule has 0 fully saturated rings. The van der Waals surface area contributed by atoms with E-state index in [0.717, 1.165) is 17.0 Å². The SMILES string of the molecule is CNC1C(=O)Nc2cc(Oc3ccc(C)c(C)c3)ccc21. The molecule has 0 saturated heterocycles. The molecule has 0 aliphatic carbocycles. The van der Waals surface area contributed by atoms with Gasteiger partial charge in [-0.15, -0.1) is 0 Å². The van der Waals surface area contributed by atoms with Crippen LogP contribution in [0.3, 0.4) is 0 Å². The maximum Gasteiger partial charge on any atom is 0.246 e. The van der Waals surface area contributed by atoms with E-state index in [9.17, 15) is 4.79 Å². The monoisotopic (exact) mass is 282 g/mol. The van der Waals surface area contributed by atoms with Gasteiger partial charge in [0.05, 0.1) is 0 Å². The summed E-state index contributed by atoms with van der Waals surface area (Å²) in [6, 6.07) is 11.4. The fourth-order valence-corrected chi connectivity index (χ4v) is 2.51. The molecule has 4 heteroatoms. The molecule has 3 rings (SSSR count). The summed E-state index contributed by atoms with van der Waals surface area (Å²) in [6.45, 7) is 4.13. The number of nitrogens with one attached hydrogen (secondary N) is 2. The quantitative estimate of drug-likeness (QED) is 0.908. The molecule has 0 spiro atoms. The molecule has 21 heavy (non-hydrogen) atoms. The lowest BCUT2D eigenvalue weighted by Gasteiger charge is -2.10. The molecule has 0 aromatic heterocycles. The van der Waals surface area contributed by atoms with E-state index in [-0.39, 0.29) is 11.9 Å². The van der Waals surface area contributed by atoms with Crippen LogP contribution in [0.25, 0.3) is 0 Å². The van der Waals surface area contributed by atoms with Crippen molar-refractivity contribution < 1.29 is 9.53 Å². The summed E-state index contributed by atoms with van der Waals surface area (Å²) >= 11 is 0. The van der Waals surface area contributed by atoms with Crippen molar-refractivity contribution in [3.63, 3.8) is 0 Å². The highest BCUT2D eigenvalue weighted by Gasteiger charge is 2.29. The number of ether oxygens (including phenoxy) is 1. The lowest BCUT2D eigenvalue weighted by atomic mass is 10.1. The lowest BCUT2D eigenvalue weighted by molar-refractivity contribution is -0.117. The Hall–Kier alpha value is -2.33. The predicted molar refractivity (Wildman–Crippen MR) is 82.9 cm³/mol. The highest BCUT2D eigenvalue weighted by molar-refractivity contribution is 6.02. The molecular weight excluding hydrogens is 264 g/mol. The number of anilines is 1. The number of carbonyl (C=O) groups is 1. The van der Waals surface area contributed by atoms with Gasteiger partial charge in [-0.05, 0) is 50.2 Å². The van der Waals surface area contributed by atoms with Gasteiger partial charge in [-0.3, -0.25) is 4.79 Å². The number of carbonyl (C=O) groups excluding carboxylic acids is 1. The van der Waals surface area contributed by atoms with E-state index in [1.807, 2.05) is 36.4 Å². The average molecular weight is 282 g/mol. The van der Waals surface area contributed by atoms with Gasteiger partial charge in [0.15, 0.2) is 0 Å². The van der Waals surface area contributed by atoms with Gasteiger partial charge < -0.3 is 15.4 Å². The van der Waals surface area contributed by atoms with Gasteiger partial charge in [0.2, 0.25) is 5.91 Å². The molecule has 1 atom stereocenters. The lowest BCUT2D eigenvalue weighted by Crippen LogP contribution is -2.23. The molecule has 1 aliphatic rings. The van der Waals surface area contributed by atoms with E-state index < -0.39 is 0 Å². The summed E-state index contributed by atoms with van der Waals surface area (Å²) in [5.74, 6) is 1.48. The second-order valence-electron chi connectivity index (χ2n) is 5.31. The summed E-state index contributed by atoms with van der Waals surface area (Å²) in [5.41, 5.74) is 4.19. The van der Waals surface area contributed by atoms with Crippen LogP contribution in [0.4, 0.5) is 5.69 Å².